The summed E-state index contributed by atoms with van der Waals surface area (Å²) >= 11 is 6.20. The Kier molecular flexibility index (Phi) is 3.95. The van der Waals surface area contributed by atoms with Gasteiger partial charge in [-0.2, -0.15) is 0 Å². The molecule has 1 aromatic heterocycles. The molecule has 1 spiro atoms. The van der Waals surface area contributed by atoms with E-state index in [0.29, 0.717) is 18.1 Å². The van der Waals surface area contributed by atoms with Gasteiger partial charge in [0.1, 0.15) is 5.82 Å². The average molecular weight is 396 g/mol. The second-order valence-electron chi connectivity index (χ2n) is 7.40. The standard InChI is InChI=1S/C22H19ClFN3O/c23-15-7-8-18-19(14-15)27-11-3-6-20(27)22(25-18)9-12-26(13-10-22)21(28)16-4-1-2-5-17(16)24/h1-8,11,14,25H,9-10,12-13H2. The van der Waals surface area contributed by atoms with Crippen molar-refractivity contribution < 1.29 is 9.18 Å². The lowest BCUT2D eigenvalue weighted by molar-refractivity contribution is 0.0672. The SMILES string of the molecule is O=C(c1ccccc1F)N1CCC2(CC1)Nc1ccc(Cl)cc1-n1cccc12. The summed E-state index contributed by atoms with van der Waals surface area (Å²) < 4.78 is 16.2. The van der Waals surface area contributed by atoms with Crippen LogP contribution in [0.15, 0.2) is 60.8 Å². The summed E-state index contributed by atoms with van der Waals surface area (Å²) in [5.74, 6) is -0.713. The van der Waals surface area contributed by atoms with Gasteiger partial charge >= 0.3 is 0 Å². The van der Waals surface area contributed by atoms with Crippen molar-refractivity contribution in [3.8, 4) is 5.69 Å². The molecule has 0 unspecified atom stereocenters. The highest BCUT2D eigenvalue weighted by Gasteiger charge is 2.42. The maximum absolute atomic E-state index is 14.0. The number of rotatable bonds is 1. The van der Waals surface area contributed by atoms with Crippen LogP contribution in [-0.4, -0.2) is 28.5 Å². The number of anilines is 1. The van der Waals surface area contributed by atoms with Crippen molar-refractivity contribution in [2.45, 2.75) is 18.4 Å². The van der Waals surface area contributed by atoms with Crippen LogP contribution in [-0.2, 0) is 5.54 Å². The molecule has 6 heteroatoms. The number of benzene rings is 2. The third-order valence-corrected chi connectivity index (χ3v) is 6.08. The quantitative estimate of drug-likeness (QED) is 0.641. The fraction of sp³-hybridized carbons (Fsp3) is 0.227. The summed E-state index contributed by atoms with van der Waals surface area (Å²) in [6.45, 7) is 1.13. The normalized spacial score (nSPS) is 17.0. The molecule has 1 fully saturated rings. The largest absolute Gasteiger partial charge is 0.372 e. The molecule has 2 aliphatic heterocycles. The topological polar surface area (TPSA) is 37.3 Å². The van der Waals surface area contributed by atoms with E-state index in [1.165, 1.54) is 11.8 Å². The summed E-state index contributed by atoms with van der Waals surface area (Å²) in [6.07, 6.45) is 3.54. The van der Waals surface area contributed by atoms with E-state index >= 15 is 0 Å². The van der Waals surface area contributed by atoms with Gasteiger partial charge in [0.2, 0.25) is 0 Å². The molecule has 1 amide bonds. The van der Waals surface area contributed by atoms with Gasteiger partial charge in [0.25, 0.3) is 5.91 Å². The molecule has 2 aliphatic rings. The number of piperidine rings is 1. The molecule has 0 aliphatic carbocycles. The van der Waals surface area contributed by atoms with Crippen molar-refractivity contribution in [2.75, 3.05) is 18.4 Å². The minimum atomic E-state index is -0.469. The van der Waals surface area contributed by atoms with E-state index in [2.05, 4.69) is 16.0 Å². The fourth-order valence-electron chi connectivity index (χ4n) is 4.39. The number of halogens is 2. The molecule has 142 valence electrons. The van der Waals surface area contributed by atoms with Crippen molar-refractivity contribution in [3.63, 3.8) is 0 Å². The van der Waals surface area contributed by atoms with Crippen LogP contribution in [0, 0.1) is 5.82 Å². The average Bonchev–Trinajstić information content (AvgIpc) is 3.21. The smallest absolute Gasteiger partial charge is 0.256 e. The van der Waals surface area contributed by atoms with Gasteiger partial charge in [-0.05, 0) is 55.3 Å². The minimum absolute atomic E-state index is 0.137. The lowest BCUT2D eigenvalue weighted by Gasteiger charge is -2.46. The molecule has 0 saturated carbocycles. The number of carbonyl (C=O) groups excluding carboxylic acids is 1. The van der Waals surface area contributed by atoms with Gasteiger partial charge in [0.15, 0.2) is 0 Å². The number of fused-ring (bicyclic) bond motifs is 4. The number of nitrogens with one attached hydrogen (secondary N) is 1. The van der Waals surface area contributed by atoms with Gasteiger partial charge in [-0.25, -0.2) is 4.39 Å². The molecule has 2 aromatic carbocycles. The summed E-state index contributed by atoms with van der Waals surface area (Å²) in [4.78, 5) is 14.5. The first-order valence-electron chi connectivity index (χ1n) is 9.37. The highest BCUT2D eigenvalue weighted by molar-refractivity contribution is 6.30. The van der Waals surface area contributed by atoms with Crippen LogP contribution in [0.2, 0.25) is 5.02 Å². The summed E-state index contributed by atoms with van der Waals surface area (Å²) in [6, 6.07) is 16.2. The molecule has 3 heterocycles. The first-order chi connectivity index (χ1) is 13.6. The predicted octanol–water partition coefficient (Wildman–Crippen LogP) is 4.83. The van der Waals surface area contributed by atoms with Crippen LogP contribution in [0.25, 0.3) is 5.69 Å². The van der Waals surface area contributed by atoms with Crippen molar-refractivity contribution in [1.29, 1.82) is 0 Å². The van der Waals surface area contributed by atoms with E-state index < -0.39 is 5.82 Å². The minimum Gasteiger partial charge on any atom is -0.372 e. The van der Waals surface area contributed by atoms with E-state index in [0.717, 1.165) is 24.2 Å². The van der Waals surface area contributed by atoms with Crippen LogP contribution in [0.5, 0.6) is 0 Å². The van der Waals surface area contributed by atoms with Crippen LogP contribution in [0.3, 0.4) is 0 Å². The van der Waals surface area contributed by atoms with Crippen molar-refractivity contribution >= 4 is 23.2 Å². The summed E-state index contributed by atoms with van der Waals surface area (Å²) in [7, 11) is 0. The first kappa shape index (κ1) is 17.3. The molecule has 5 rings (SSSR count). The van der Waals surface area contributed by atoms with E-state index in [-0.39, 0.29) is 17.0 Å². The van der Waals surface area contributed by atoms with Crippen molar-refractivity contribution in [1.82, 2.24) is 9.47 Å². The molecule has 28 heavy (non-hydrogen) atoms. The third-order valence-electron chi connectivity index (χ3n) is 5.84. The summed E-state index contributed by atoms with van der Waals surface area (Å²) in [5.41, 5.74) is 3.11. The maximum atomic E-state index is 14.0. The van der Waals surface area contributed by atoms with Crippen LogP contribution in [0.1, 0.15) is 28.9 Å². The number of nitrogens with zero attached hydrogens (tertiary/aromatic N) is 2. The van der Waals surface area contributed by atoms with Gasteiger partial charge in [0.05, 0.1) is 22.5 Å². The summed E-state index contributed by atoms with van der Waals surface area (Å²) in [5, 5.41) is 4.40. The molecule has 0 radical (unpaired) electrons. The number of hydrogen-bond acceptors (Lipinski definition) is 2. The van der Waals surface area contributed by atoms with E-state index in [1.54, 1.807) is 23.1 Å². The van der Waals surface area contributed by atoms with E-state index in [1.807, 2.05) is 30.5 Å². The third kappa shape index (κ3) is 2.61. The first-order valence-corrected chi connectivity index (χ1v) is 9.75. The number of carbonyl (C=O) groups is 1. The Morgan fingerprint density at radius 2 is 1.86 bits per heavy atom. The van der Waals surface area contributed by atoms with E-state index in [9.17, 15) is 9.18 Å². The number of aromatic nitrogens is 1. The molecule has 4 nitrogen and oxygen atoms in total. The number of hydrogen-bond donors (Lipinski definition) is 1. The van der Waals surface area contributed by atoms with Gasteiger partial charge < -0.3 is 14.8 Å². The lowest BCUT2D eigenvalue weighted by Crippen LogP contribution is -2.51. The number of amides is 1. The Morgan fingerprint density at radius 3 is 2.64 bits per heavy atom. The molecule has 1 saturated heterocycles. The monoisotopic (exact) mass is 395 g/mol. The Hall–Kier alpha value is -2.79. The molecule has 0 bridgehead atoms. The van der Waals surface area contributed by atoms with Crippen LogP contribution in [0.4, 0.5) is 10.1 Å². The highest BCUT2D eigenvalue weighted by Crippen LogP contribution is 2.44. The zero-order valence-corrected chi connectivity index (χ0v) is 15.9. The Labute approximate surface area is 167 Å². The fourth-order valence-corrected chi connectivity index (χ4v) is 4.56. The van der Waals surface area contributed by atoms with Crippen LogP contribution >= 0.6 is 11.6 Å². The lowest BCUT2D eigenvalue weighted by atomic mass is 9.82. The van der Waals surface area contributed by atoms with Crippen molar-refractivity contribution in [3.05, 3.63) is 82.9 Å². The maximum Gasteiger partial charge on any atom is 0.256 e. The van der Waals surface area contributed by atoms with Gasteiger partial charge in [-0.1, -0.05) is 23.7 Å². The van der Waals surface area contributed by atoms with E-state index in [4.69, 9.17) is 11.6 Å². The number of likely N-dealkylation sites (tertiary alicyclic amines) is 1. The van der Waals surface area contributed by atoms with Gasteiger partial charge in [-0.3, -0.25) is 4.79 Å². The molecule has 1 N–H and O–H groups in total. The predicted molar refractivity (Wildman–Crippen MR) is 108 cm³/mol. The highest BCUT2D eigenvalue weighted by atomic mass is 35.5. The molecular weight excluding hydrogens is 377 g/mol. The second kappa shape index (κ2) is 6.38. The molecular formula is C22H19ClFN3O. The Balaban J connectivity index is 1.43. The Bertz CT molecular complexity index is 1070. The Morgan fingerprint density at radius 1 is 1.07 bits per heavy atom. The zero-order chi connectivity index (χ0) is 19.3. The van der Waals surface area contributed by atoms with Gasteiger partial charge in [-0.15, -0.1) is 0 Å². The zero-order valence-electron chi connectivity index (χ0n) is 15.2. The van der Waals surface area contributed by atoms with Gasteiger partial charge in [0, 0.05) is 30.0 Å². The van der Waals surface area contributed by atoms with Crippen LogP contribution < -0.4 is 5.32 Å². The van der Waals surface area contributed by atoms with Crippen molar-refractivity contribution in [2.24, 2.45) is 0 Å². The second-order valence-corrected chi connectivity index (χ2v) is 7.84. The molecule has 3 aromatic rings. The molecule has 0 atom stereocenters.